The van der Waals surface area contributed by atoms with Crippen molar-refractivity contribution < 1.29 is 4.74 Å². The van der Waals surface area contributed by atoms with E-state index in [0.29, 0.717) is 18.2 Å². The quantitative estimate of drug-likeness (QED) is 0.590. The minimum absolute atomic E-state index is 0.303. The van der Waals surface area contributed by atoms with Crippen LogP contribution in [0.4, 0.5) is 0 Å². The monoisotopic (exact) mass is 140 g/mol. The molecular weight excluding hydrogens is 132 g/mol. The molecule has 10 heavy (non-hydrogen) atoms. The molecule has 2 N–H and O–H groups in total. The maximum Gasteiger partial charge on any atom is 0.251 e. The van der Waals surface area contributed by atoms with Crippen molar-refractivity contribution in [2.24, 2.45) is 5.73 Å². The van der Waals surface area contributed by atoms with Gasteiger partial charge in [-0.3, -0.25) is 0 Å². The molecule has 0 saturated carbocycles. The molecule has 0 unspecified atom stereocenters. The molecule has 0 amide bonds. The number of nitrogens with two attached hydrogens (primary N) is 1. The van der Waals surface area contributed by atoms with Crippen molar-refractivity contribution in [2.45, 2.75) is 6.54 Å². The number of hydrogen-bond donors (Lipinski definition) is 1. The SMILES string of the molecule is COc1cnc(CN)nn1. The molecule has 0 aromatic carbocycles. The summed E-state index contributed by atoms with van der Waals surface area (Å²) in [5.74, 6) is 0.915. The zero-order valence-electron chi connectivity index (χ0n) is 5.61. The van der Waals surface area contributed by atoms with Crippen molar-refractivity contribution in [1.29, 1.82) is 0 Å². The normalized spacial score (nSPS) is 9.40. The zero-order chi connectivity index (χ0) is 7.40. The molecule has 1 heterocycles. The van der Waals surface area contributed by atoms with Crippen LogP contribution in [0, 0.1) is 0 Å². The highest BCUT2D eigenvalue weighted by Gasteiger charge is 1.94. The molecule has 0 saturated heterocycles. The van der Waals surface area contributed by atoms with Crippen molar-refractivity contribution in [2.75, 3.05) is 7.11 Å². The highest BCUT2D eigenvalue weighted by atomic mass is 16.5. The molecule has 0 bridgehead atoms. The topological polar surface area (TPSA) is 73.9 Å². The van der Waals surface area contributed by atoms with Gasteiger partial charge < -0.3 is 10.5 Å². The summed E-state index contributed by atoms with van der Waals surface area (Å²) in [5, 5.41) is 7.31. The molecule has 54 valence electrons. The second kappa shape index (κ2) is 3.07. The average molecular weight is 140 g/mol. The van der Waals surface area contributed by atoms with Gasteiger partial charge in [-0.05, 0) is 0 Å². The Morgan fingerprint density at radius 2 is 2.40 bits per heavy atom. The van der Waals surface area contributed by atoms with E-state index in [1.54, 1.807) is 0 Å². The third-order valence-electron chi connectivity index (χ3n) is 0.980. The molecule has 0 aliphatic rings. The smallest absolute Gasteiger partial charge is 0.251 e. The molecule has 5 heteroatoms. The van der Waals surface area contributed by atoms with Crippen LogP contribution in [0.2, 0.25) is 0 Å². The molecular formula is C5H8N4O. The summed E-state index contributed by atoms with van der Waals surface area (Å²) < 4.78 is 4.74. The van der Waals surface area contributed by atoms with Crippen LogP contribution in [0.5, 0.6) is 5.88 Å². The van der Waals surface area contributed by atoms with Gasteiger partial charge in [0.05, 0.1) is 19.9 Å². The van der Waals surface area contributed by atoms with E-state index < -0.39 is 0 Å². The molecule has 1 rings (SSSR count). The summed E-state index contributed by atoms with van der Waals surface area (Å²) >= 11 is 0. The van der Waals surface area contributed by atoms with Crippen LogP contribution < -0.4 is 10.5 Å². The first-order valence-electron chi connectivity index (χ1n) is 2.79. The summed E-state index contributed by atoms with van der Waals surface area (Å²) in [6, 6.07) is 0. The summed E-state index contributed by atoms with van der Waals surface area (Å²) in [6.07, 6.45) is 1.48. The van der Waals surface area contributed by atoms with Gasteiger partial charge in [-0.15, -0.1) is 10.2 Å². The molecule has 0 aliphatic heterocycles. The summed E-state index contributed by atoms with van der Waals surface area (Å²) in [6.45, 7) is 0.303. The van der Waals surface area contributed by atoms with E-state index in [1.165, 1.54) is 13.3 Å². The Morgan fingerprint density at radius 3 is 2.80 bits per heavy atom. The molecule has 1 aromatic rings. The van der Waals surface area contributed by atoms with Crippen molar-refractivity contribution >= 4 is 0 Å². The van der Waals surface area contributed by atoms with Crippen LogP contribution in [0.1, 0.15) is 5.82 Å². The lowest BCUT2D eigenvalue weighted by Crippen LogP contribution is -2.04. The fourth-order valence-corrected chi connectivity index (χ4v) is 0.475. The molecule has 1 aromatic heterocycles. The lowest BCUT2D eigenvalue weighted by molar-refractivity contribution is 0.387. The number of aromatic nitrogens is 3. The maximum atomic E-state index is 5.24. The second-order valence-electron chi connectivity index (χ2n) is 1.62. The predicted octanol–water partition coefficient (Wildman–Crippen LogP) is -0.661. The zero-order valence-corrected chi connectivity index (χ0v) is 5.61. The molecule has 0 spiro atoms. The highest BCUT2D eigenvalue weighted by molar-refractivity contribution is 4.99. The Bertz CT molecular complexity index is 174. The van der Waals surface area contributed by atoms with Crippen LogP contribution in [0.25, 0.3) is 0 Å². The summed E-state index contributed by atoms with van der Waals surface area (Å²) in [4.78, 5) is 3.84. The Morgan fingerprint density at radius 1 is 1.60 bits per heavy atom. The third kappa shape index (κ3) is 1.38. The Kier molecular flexibility index (Phi) is 2.11. The van der Waals surface area contributed by atoms with Gasteiger partial charge in [0.1, 0.15) is 0 Å². The third-order valence-corrected chi connectivity index (χ3v) is 0.980. The van der Waals surface area contributed by atoms with Crippen molar-refractivity contribution in [3.8, 4) is 5.88 Å². The number of hydrogen-bond acceptors (Lipinski definition) is 5. The van der Waals surface area contributed by atoms with Gasteiger partial charge in [0.25, 0.3) is 5.88 Å². The minimum atomic E-state index is 0.303. The minimum Gasteiger partial charge on any atom is -0.479 e. The van der Waals surface area contributed by atoms with Crippen LogP contribution in [-0.4, -0.2) is 22.3 Å². The average Bonchev–Trinajstić information content (AvgIpc) is 2.05. The fraction of sp³-hybridized carbons (Fsp3) is 0.400. The van der Waals surface area contributed by atoms with Crippen LogP contribution in [-0.2, 0) is 6.54 Å². The standard InChI is InChI=1S/C5H8N4O/c1-10-5-3-7-4(2-6)8-9-5/h3H,2,6H2,1H3. The molecule has 0 aliphatic carbocycles. The van der Waals surface area contributed by atoms with Gasteiger partial charge in [0.15, 0.2) is 5.82 Å². The Labute approximate surface area is 58.2 Å². The fourth-order valence-electron chi connectivity index (χ4n) is 0.475. The van der Waals surface area contributed by atoms with E-state index in [1.807, 2.05) is 0 Å². The largest absolute Gasteiger partial charge is 0.479 e. The van der Waals surface area contributed by atoms with E-state index in [0.717, 1.165) is 0 Å². The van der Waals surface area contributed by atoms with Gasteiger partial charge >= 0.3 is 0 Å². The van der Waals surface area contributed by atoms with Crippen molar-refractivity contribution in [3.63, 3.8) is 0 Å². The van der Waals surface area contributed by atoms with Gasteiger partial charge in [-0.25, -0.2) is 4.98 Å². The first kappa shape index (κ1) is 6.88. The van der Waals surface area contributed by atoms with E-state index in [-0.39, 0.29) is 0 Å². The van der Waals surface area contributed by atoms with E-state index in [9.17, 15) is 0 Å². The van der Waals surface area contributed by atoms with E-state index >= 15 is 0 Å². The molecule has 5 nitrogen and oxygen atoms in total. The van der Waals surface area contributed by atoms with Gasteiger partial charge in [-0.2, -0.15) is 0 Å². The summed E-state index contributed by atoms with van der Waals surface area (Å²) in [5.41, 5.74) is 5.24. The number of ether oxygens (including phenoxy) is 1. The Balaban J connectivity index is 2.80. The highest BCUT2D eigenvalue weighted by Crippen LogP contribution is 1.97. The van der Waals surface area contributed by atoms with E-state index in [4.69, 9.17) is 10.5 Å². The second-order valence-corrected chi connectivity index (χ2v) is 1.62. The number of rotatable bonds is 2. The first-order valence-corrected chi connectivity index (χ1v) is 2.79. The van der Waals surface area contributed by atoms with E-state index in [2.05, 4.69) is 15.2 Å². The summed E-state index contributed by atoms with van der Waals surface area (Å²) in [7, 11) is 1.51. The van der Waals surface area contributed by atoms with Crippen LogP contribution >= 0.6 is 0 Å². The van der Waals surface area contributed by atoms with Gasteiger partial charge in [0, 0.05) is 0 Å². The van der Waals surface area contributed by atoms with Gasteiger partial charge in [-0.1, -0.05) is 0 Å². The predicted molar refractivity (Wildman–Crippen MR) is 34.3 cm³/mol. The molecule has 0 fully saturated rings. The Hall–Kier alpha value is -1.23. The molecule has 0 atom stereocenters. The number of nitrogens with zero attached hydrogens (tertiary/aromatic N) is 3. The molecule has 0 radical (unpaired) electrons. The van der Waals surface area contributed by atoms with Crippen LogP contribution in [0.15, 0.2) is 6.20 Å². The first-order chi connectivity index (χ1) is 4.86. The lowest BCUT2D eigenvalue weighted by Gasteiger charge is -1.95. The van der Waals surface area contributed by atoms with Crippen molar-refractivity contribution in [3.05, 3.63) is 12.0 Å². The maximum absolute atomic E-state index is 5.24. The van der Waals surface area contributed by atoms with Crippen molar-refractivity contribution in [1.82, 2.24) is 15.2 Å². The number of methoxy groups -OCH3 is 1. The van der Waals surface area contributed by atoms with Gasteiger partial charge in [0.2, 0.25) is 0 Å². The lowest BCUT2D eigenvalue weighted by atomic mass is 10.6. The van der Waals surface area contributed by atoms with Crippen LogP contribution in [0.3, 0.4) is 0 Å².